The van der Waals surface area contributed by atoms with Crippen molar-refractivity contribution in [3.05, 3.63) is 29.3 Å². The van der Waals surface area contributed by atoms with E-state index in [-0.39, 0.29) is 5.75 Å². The minimum absolute atomic E-state index is 0.143. The van der Waals surface area contributed by atoms with Crippen LogP contribution < -0.4 is 4.74 Å². The monoisotopic (exact) mass is 294 g/mol. The molecule has 0 heterocycles. The van der Waals surface area contributed by atoms with Gasteiger partial charge in [0.2, 0.25) is 0 Å². The molecule has 0 aromatic heterocycles. The average molecular weight is 296 g/mol. The standard InChI is InChI=1S/C8H4Cl4F2O/c9-5-1-3-6(4-2-5)15-8(13,14)7(10,11)12/h1-4H. The molecule has 7 heteroatoms. The van der Waals surface area contributed by atoms with E-state index in [0.717, 1.165) is 0 Å². The summed E-state index contributed by atoms with van der Waals surface area (Å²) in [5, 5.41) is 0.388. The first kappa shape index (κ1) is 13.1. The number of hydrogen-bond acceptors (Lipinski definition) is 1. The SMILES string of the molecule is FC(F)(Oc1ccc(Cl)cc1)C(Cl)(Cl)Cl. The fourth-order valence-electron chi connectivity index (χ4n) is 0.709. The molecule has 1 aromatic rings. The Morgan fingerprint density at radius 1 is 1.00 bits per heavy atom. The predicted molar refractivity (Wildman–Crippen MR) is 57.3 cm³/mol. The maximum absolute atomic E-state index is 13.1. The normalized spacial score (nSPS) is 12.7. The third-order valence-electron chi connectivity index (χ3n) is 1.39. The minimum Gasteiger partial charge on any atom is -0.429 e. The maximum Gasteiger partial charge on any atom is 0.446 e. The second-order valence-corrected chi connectivity index (χ2v) is 5.29. The minimum atomic E-state index is -3.91. The first-order chi connectivity index (χ1) is 6.72. The molecule has 1 aromatic carbocycles. The zero-order valence-electron chi connectivity index (χ0n) is 6.99. The molecular formula is C8H4Cl4F2O. The molecule has 15 heavy (non-hydrogen) atoms. The molecule has 0 radical (unpaired) electrons. The molecule has 1 rings (SSSR count). The first-order valence-corrected chi connectivity index (χ1v) is 5.13. The Bertz CT molecular complexity index is 333. The summed E-state index contributed by atoms with van der Waals surface area (Å²) in [6.45, 7) is 0. The Labute approximate surface area is 105 Å². The molecule has 84 valence electrons. The van der Waals surface area contributed by atoms with Gasteiger partial charge in [-0.2, -0.15) is 8.78 Å². The van der Waals surface area contributed by atoms with Gasteiger partial charge >= 0.3 is 6.11 Å². The van der Waals surface area contributed by atoms with Crippen LogP contribution in [0.15, 0.2) is 24.3 Å². The Kier molecular flexibility index (Phi) is 3.93. The van der Waals surface area contributed by atoms with Crippen molar-refractivity contribution in [2.24, 2.45) is 0 Å². The van der Waals surface area contributed by atoms with Crippen LogP contribution in [-0.2, 0) is 0 Å². The van der Waals surface area contributed by atoms with Crippen LogP contribution in [0.5, 0.6) is 5.75 Å². The lowest BCUT2D eigenvalue weighted by molar-refractivity contribution is -0.171. The molecular weight excluding hydrogens is 292 g/mol. The topological polar surface area (TPSA) is 9.23 Å². The molecule has 0 fully saturated rings. The van der Waals surface area contributed by atoms with E-state index in [9.17, 15) is 8.78 Å². The van der Waals surface area contributed by atoms with E-state index in [2.05, 4.69) is 4.74 Å². The zero-order valence-corrected chi connectivity index (χ0v) is 10.0. The number of ether oxygens (including phenoxy) is 1. The predicted octanol–water partition coefficient (Wildman–Crippen LogP) is 4.68. The van der Waals surface area contributed by atoms with Crippen molar-refractivity contribution in [2.45, 2.75) is 9.90 Å². The molecule has 0 atom stereocenters. The Balaban J connectivity index is 2.82. The quantitative estimate of drug-likeness (QED) is 0.720. The largest absolute Gasteiger partial charge is 0.446 e. The third kappa shape index (κ3) is 3.52. The molecule has 0 aliphatic rings. The van der Waals surface area contributed by atoms with Gasteiger partial charge in [0.25, 0.3) is 3.79 Å². The number of hydrogen-bond donors (Lipinski definition) is 0. The molecule has 0 N–H and O–H groups in total. The Hall–Kier alpha value is 0.0400. The van der Waals surface area contributed by atoms with Crippen LogP contribution in [0.25, 0.3) is 0 Å². The van der Waals surface area contributed by atoms with Gasteiger partial charge in [-0.25, -0.2) is 0 Å². The molecule has 0 saturated heterocycles. The van der Waals surface area contributed by atoms with Gasteiger partial charge in [0, 0.05) is 5.02 Å². The van der Waals surface area contributed by atoms with E-state index in [1.54, 1.807) is 0 Å². The van der Waals surface area contributed by atoms with Crippen LogP contribution in [0.2, 0.25) is 5.02 Å². The highest BCUT2D eigenvalue weighted by Crippen LogP contribution is 2.43. The Morgan fingerprint density at radius 3 is 1.87 bits per heavy atom. The highest BCUT2D eigenvalue weighted by molar-refractivity contribution is 6.68. The lowest BCUT2D eigenvalue weighted by Gasteiger charge is -2.23. The number of halogens is 6. The summed E-state index contributed by atoms with van der Waals surface area (Å²) >= 11 is 20.7. The van der Waals surface area contributed by atoms with E-state index < -0.39 is 9.90 Å². The van der Waals surface area contributed by atoms with Gasteiger partial charge in [-0.3, -0.25) is 0 Å². The summed E-state index contributed by atoms with van der Waals surface area (Å²) < 4.78 is 27.5. The van der Waals surface area contributed by atoms with Crippen LogP contribution >= 0.6 is 46.4 Å². The van der Waals surface area contributed by atoms with Crippen molar-refractivity contribution < 1.29 is 13.5 Å². The molecule has 0 aliphatic carbocycles. The van der Waals surface area contributed by atoms with Crippen LogP contribution in [0.1, 0.15) is 0 Å². The summed E-state index contributed by atoms with van der Waals surface area (Å²) in [6, 6.07) is 5.25. The second-order valence-electron chi connectivity index (χ2n) is 2.57. The van der Waals surface area contributed by atoms with Crippen LogP contribution in [0, 0.1) is 0 Å². The van der Waals surface area contributed by atoms with Gasteiger partial charge < -0.3 is 4.74 Å². The first-order valence-electron chi connectivity index (χ1n) is 3.61. The second kappa shape index (κ2) is 4.50. The van der Waals surface area contributed by atoms with E-state index in [0.29, 0.717) is 5.02 Å². The van der Waals surface area contributed by atoms with Crippen molar-refractivity contribution in [2.75, 3.05) is 0 Å². The molecule has 0 bridgehead atoms. The van der Waals surface area contributed by atoms with Gasteiger partial charge in [0.15, 0.2) is 0 Å². The maximum atomic E-state index is 13.1. The van der Waals surface area contributed by atoms with Gasteiger partial charge in [0.05, 0.1) is 0 Å². The van der Waals surface area contributed by atoms with Crippen molar-refractivity contribution >= 4 is 46.4 Å². The molecule has 1 nitrogen and oxygen atoms in total. The van der Waals surface area contributed by atoms with Gasteiger partial charge in [0.1, 0.15) is 5.75 Å². The fourth-order valence-corrected chi connectivity index (χ4v) is 0.950. The fraction of sp³-hybridized carbons (Fsp3) is 0.250. The van der Waals surface area contributed by atoms with E-state index in [1.807, 2.05) is 0 Å². The summed E-state index contributed by atoms with van der Waals surface area (Å²) in [5.41, 5.74) is 0. The van der Waals surface area contributed by atoms with Crippen LogP contribution in [0.4, 0.5) is 8.78 Å². The molecule has 0 saturated carbocycles. The van der Waals surface area contributed by atoms with E-state index in [4.69, 9.17) is 46.4 Å². The molecule has 0 aliphatic heterocycles. The lowest BCUT2D eigenvalue weighted by Crippen LogP contribution is -2.39. The summed E-state index contributed by atoms with van der Waals surface area (Å²) in [7, 11) is 0. The van der Waals surface area contributed by atoms with Crippen LogP contribution in [0.3, 0.4) is 0 Å². The smallest absolute Gasteiger partial charge is 0.429 e. The highest BCUT2D eigenvalue weighted by atomic mass is 35.6. The van der Waals surface area contributed by atoms with Gasteiger partial charge in [-0.1, -0.05) is 46.4 Å². The molecule has 0 unspecified atom stereocenters. The Morgan fingerprint density at radius 2 is 1.47 bits per heavy atom. The third-order valence-corrected chi connectivity index (χ3v) is 2.30. The van der Waals surface area contributed by atoms with Gasteiger partial charge in [-0.15, -0.1) is 0 Å². The van der Waals surface area contributed by atoms with Gasteiger partial charge in [-0.05, 0) is 24.3 Å². The van der Waals surface area contributed by atoms with Crippen molar-refractivity contribution in [3.8, 4) is 5.75 Å². The van der Waals surface area contributed by atoms with Crippen molar-refractivity contribution in [1.29, 1.82) is 0 Å². The lowest BCUT2D eigenvalue weighted by atomic mass is 10.3. The van der Waals surface area contributed by atoms with Crippen LogP contribution in [-0.4, -0.2) is 9.90 Å². The summed E-state index contributed by atoms with van der Waals surface area (Å²) in [4.78, 5) is 0. The van der Waals surface area contributed by atoms with E-state index >= 15 is 0 Å². The summed E-state index contributed by atoms with van der Waals surface area (Å²) in [6.07, 6.45) is -3.91. The number of benzene rings is 1. The number of alkyl halides is 5. The molecule has 0 spiro atoms. The van der Waals surface area contributed by atoms with E-state index in [1.165, 1.54) is 24.3 Å². The van der Waals surface area contributed by atoms with Crippen molar-refractivity contribution in [1.82, 2.24) is 0 Å². The zero-order chi connectivity index (χ0) is 11.7. The molecule has 0 amide bonds. The highest BCUT2D eigenvalue weighted by Gasteiger charge is 2.53. The summed E-state index contributed by atoms with van der Waals surface area (Å²) in [5.74, 6) is -0.143. The average Bonchev–Trinajstić information content (AvgIpc) is 2.06. The number of rotatable bonds is 2. The van der Waals surface area contributed by atoms with Crippen molar-refractivity contribution in [3.63, 3.8) is 0 Å².